The summed E-state index contributed by atoms with van der Waals surface area (Å²) in [4.78, 5) is 11.6. The van der Waals surface area contributed by atoms with Crippen LogP contribution in [0.3, 0.4) is 0 Å². The minimum atomic E-state index is -1.08. The molecule has 1 atom stereocenters. The largest absolute Gasteiger partial charge is 0.325 e. The molecule has 1 fully saturated rings. The molecular weight excluding hydrogens is 272 g/mol. The number of anilines is 1. The van der Waals surface area contributed by atoms with Gasteiger partial charge < -0.3 is 10.6 Å². The minimum Gasteiger partial charge on any atom is -0.325 e. The summed E-state index contributed by atoms with van der Waals surface area (Å²) >= 11 is 5.74. The van der Waals surface area contributed by atoms with Crippen LogP contribution in [0.1, 0.15) is 0 Å². The SMILES string of the molecule is O=C(CS(=O)CC1CNC1)Nc1ccc(Cl)cc1. The monoisotopic (exact) mass is 286 g/mol. The Morgan fingerprint density at radius 1 is 1.39 bits per heavy atom. The van der Waals surface area contributed by atoms with Crippen molar-refractivity contribution in [3.8, 4) is 0 Å². The number of benzene rings is 1. The lowest BCUT2D eigenvalue weighted by Crippen LogP contribution is -2.45. The van der Waals surface area contributed by atoms with Crippen LogP contribution in [0.15, 0.2) is 24.3 Å². The number of carbonyl (C=O) groups excluding carboxylic acids is 1. The molecule has 1 aliphatic rings. The zero-order chi connectivity index (χ0) is 13.0. The minimum absolute atomic E-state index is 0.0547. The Hall–Kier alpha value is -0.910. The average molecular weight is 287 g/mol. The molecule has 1 aromatic carbocycles. The Balaban J connectivity index is 1.77. The first-order valence-electron chi connectivity index (χ1n) is 5.74. The topological polar surface area (TPSA) is 58.2 Å². The normalized spacial score (nSPS) is 16.9. The van der Waals surface area contributed by atoms with Crippen molar-refractivity contribution < 1.29 is 9.00 Å². The van der Waals surface area contributed by atoms with Gasteiger partial charge in [0.1, 0.15) is 5.75 Å². The third kappa shape index (κ3) is 4.08. The van der Waals surface area contributed by atoms with Crippen molar-refractivity contribution in [2.24, 2.45) is 5.92 Å². The predicted molar refractivity (Wildman–Crippen MR) is 74.3 cm³/mol. The van der Waals surface area contributed by atoms with Crippen LogP contribution in [-0.2, 0) is 15.6 Å². The molecule has 1 aliphatic heterocycles. The lowest BCUT2D eigenvalue weighted by atomic mass is 10.1. The van der Waals surface area contributed by atoms with E-state index in [0.717, 1.165) is 13.1 Å². The molecule has 4 nitrogen and oxygen atoms in total. The Labute approximate surface area is 114 Å². The van der Waals surface area contributed by atoms with E-state index in [9.17, 15) is 9.00 Å². The molecule has 0 aliphatic carbocycles. The highest BCUT2D eigenvalue weighted by molar-refractivity contribution is 7.85. The molecule has 0 saturated carbocycles. The first-order chi connectivity index (χ1) is 8.63. The van der Waals surface area contributed by atoms with Crippen LogP contribution in [0.25, 0.3) is 0 Å². The third-order valence-electron chi connectivity index (χ3n) is 2.71. The number of halogens is 1. The van der Waals surface area contributed by atoms with Crippen molar-refractivity contribution in [1.82, 2.24) is 5.32 Å². The van der Waals surface area contributed by atoms with Gasteiger partial charge in [0.15, 0.2) is 0 Å². The van der Waals surface area contributed by atoms with Gasteiger partial charge in [0.25, 0.3) is 0 Å². The Kier molecular flexibility index (Phi) is 4.74. The van der Waals surface area contributed by atoms with Gasteiger partial charge in [-0.1, -0.05) is 11.6 Å². The quantitative estimate of drug-likeness (QED) is 0.856. The molecule has 1 heterocycles. The van der Waals surface area contributed by atoms with Gasteiger partial charge in [0, 0.05) is 40.4 Å². The number of hydrogen-bond acceptors (Lipinski definition) is 3. The van der Waals surface area contributed by atoms with Crippen molar-refractivity contribution in [2.75, 3.05) is 29.9 Å². The van der Waals surface area contributed by atoms with Crippen LogP contribution in [-0.4, -0.2) is 34.7 Å². The Morgan fingerprint density at radius 2 is 2.06 bits per heavy atom. The van der Waals surface area contributed by atoms with Gasteiger partial charge in [-0.2, -0.15) is 0 Å². The number of rotatable bonds is 5. The molecule has 2 N–H and O–H groups in total. The molecule has 2 rings (SSSR count). The maximum Gasteiger partial charge on any atom is 0.236 e. The van der Waals surface area contributed by atoms with E-state index in [1.807, 2.05) is 0 Å². The number of carbonyl (C=O) groups is 1. The van der Waals surface area contributed by atoms with Crippen molar-refractivity contribution in [1.29, 1.82) is 0 Å². The van der Waals surface area contributed by atoms with Crippen LogP contribution in [0.5, 0.6) is 0 Å². The van der Waals surface area contributed by atoms with E-state index < -0.39 is 10.8 Å². The summed E-state index contributed by atoms with van der Waals surface area (Å²) in [5, 5.41) is 6.44. The van der Waals surface area contributed by atoms with E-state index in [-0.39, 0.29) is 11.7 Å². The third-order valence-corrected chi connectivity index (χ3v) is 4.39. The van der Waals surface area contributed by atoms with Gasteiger partial charge in [-0.15, -0.1) is 0 Å². The number of nitrogens with one attached hydrogen (secondary N) is 2. The van der Waals surface area contributed by atoms with Crippen LogP contribution in [0.2, 0.25) is 5.02 Å². The van der Waals surface area contributed by atoms with Crippen molar-refractivity contribution in [3.63, 3.8) is 0 Å². The Bertz CT molecular complexity index is 446. The fraction of sp³-hybridized carbons (Fsp3) is 0.417. The summed E-state index contributed by atoms with van der Waals surface area (Å²) in [7, 11) is -1.08. The zero-order valence-corrected chi connectivity index (χ0v) is 11.4. The summed E-state index contributed by atoms with van der Waals surface area (Å²) in [6.07, 6.45) is 0. The van der Waals surface area contributed by atoms with Crippen LogP contribution < -0.4 is 10.6 Å². The molecule has 0 bridgehead atoms. The first-order valence-corrected chi connectivity index (χ1v) is 7.61. The summed E-state index contributed by atoms with van der Waals surface area (Å²) in [5.41, 5.74) is 0.673. The molecule has 0 radical (unpaired) electrons. The van der Waals surface area contributed by atoms with Gasteiger partial charge in [-0.05, 0) is 30.2 Å². The van der Waals surface area contributed by atoms with E-state index in [1.54, 1.807) is 24.3 Å². The summed E-state index contributed by atoms with van der Waals surface area (Å²) in [6, 6.07) is 6.85. The molecule has 1 aromatic rings. The fourth-order valence-electron chi connectivity index (χ4n) is 1.66. The average Bonchev–Trinajstić information content (AvgIpc) is 2.27. The summed E-state index contributed by atoms with van der Waals surface area (Å²) in [5.74, 6) is 0.886. The molecule has 1 saturated heterocycles. The van der Waals surface area contributed by atoms with Crippen molar-refractivity contribution >= 4 is 34.0 Å². The lowest BCUT2D eigenvalue weighted by Gasteiger charge is -2.26. The second-order valence-corrected chi connectivity index (χ2v) is 6.27. The van der Waals surface area contributed by atoms with Gasteiger partial charge in [0.05, 0.1) is 0 Å². The number of amides is 1. The number of hydrogen-bond donors (Lipinski definition) is 2. The summed E-state index contributed by atoms with van der Waals surface area (Å²) in [6.45, 7) is 1.81. The van der Waals surface area contributed by atoms with Crippen LogP contribution in [0, 0.1) is 5.92 Å². The standard InChI is InChI=1S/C12H15ClN2O2S/c13-10-1-3-11(4-2-10)15-12(16)8-18(17)7-9-5-14-6-9/h1-4,9,14H,5-8H2,(H,15,16). The lowest BCUT2D eigenvalue weighted by molar-refractivity contribution is -0.113. The maximum absolute atomic E-state index is 11.7. The van der Waals surface area contributed by atoms with E-state index in [1.165, 1.54) is 0 Å². The van der Waals surface area contributed by atoms with Gasteiger partial charge in [-0.3, -0.25) is 9.00 Å². The van der Waals surface area contributed by atoms with E-state index in [0.29, 0.717) is 22.4 Å². The van der Waals surface area contributed by atoms with Gasteiger partial charge in [0.2, 0.25) is 5.91 Å². The molecule has 98 valence electrons. The summed E-state index contributed by atoms with van der Waals surface area (Å²) < 4.78 is 11.7. The predicted octanol–water partition coefficient (Wildman–Crippen LogP) is 1.25. The second-order valence-electron chi connectivity index (χ2n) is 4.33. The van der Waals surface area contributed by atoms with Crippen molar-refractivity contribution in [2.45, 2.75) is 0 Å². The van der Waals surface area contributed by atoms with Crippen LogP contribution in [0.4, 0.5) is 5.69 Å². The highest BCUT2D eigenvalue weighted by Gasteiger charge is 2.20. The van der Waals surface area contributed by atoms with E-state index >= 15 is 0 Å². The second kappa shape index (κ2) is 6.31. The molecule has 0 aromatic heterocycles. The van der Waals surface area contributed by atoms with E-state index in [2.05, 4.69) is 10.6 Å². The maximum atomic E-state index is 11.7. The Morgan fingerprint density at radius 3 is 2.61 bits per heavy atom. The zero-order valence-electron chi connectivity index (χ0n) is 9.82. The first kappa shape index (κ1) is 13.5. The van der Waals surface area contributed by atoms with Crippen LogP contribution >= 0.6 is 11.6 Å². The fourth-order valence-corrected chi connectivity index (χ4v) is 3.03. The van der Waals surface area contributed by atoms with Crippen molar-refractivity contribution in [3.05, 3.63) is 29.3 Å². The van der Waals surface area contributed by atoms with Gasteiger partial charge in [-0.25, -0.2) is 0 Å². The van der Waals surface area contributed by atoms with E-state index in [4.69, 9.17) is 11.6 Å². The smallest absolute Gasteiger partial charge is 0.236 e. The molecule has 1 amide bonds. The molecule has 1 unspecified atom stereocenters. The highest BCUT2D eigenvalue weighted by atomic mass is 35.5. The molecular formula is C12H15ClN2O2S. The highest BCUT2D eigenvalue weighted by Crippen LogP contribution is 2.13. The molecule has 6 heteroatoms. The molecule has 0 spiro atoms. The molecule has 18 heavy (non-hydrogen) atoms. The van der Waals surface area contributed by atoms with Gasteiger partial charge >= 0.3 is 0 Å².